The number of aliphatic hydroxyl groups excluding tert-OH is 1. The van der Waals surface area contributed by atoms with Crippen molar-refractivity contribution in [2.45, 2.75) is 6.92 Å². The van der Waals surface area contributed by atoms with E-state index in [0.29, 0.717) is 0 Å². The van der Waals surface area contributed by atoms with Crippen molar-refractivity contribution in [2.75, 3.05) is 13.7 Å². The summed E-state index contributed by atoms with van der Waals surface area (Å²) in [5, 5.41) is 8.79. The lowest BCUT2D eigenvalue weighted by Gasteiger charge is -1.99. The number of hydrogen-bond acceptors (Lipinski definition) is 2. The van der Waals surface area contributed by atoms with Crippen molar-refractivity contribution in [1.82, 2.24) is 0 Å². The van der Waals surface area contributed by atoms with E-state index in [-0.39, 0.29) is 6.61 Å². The standard InChI is InChI=1S/C13H16O2/c1-11(10-14)5-3-6-12-7-4-8-13(9-12)15-2/h3-9,14H,10H2,1-2H3/b6-3+,11-5+. The monoisotopic (exact) mass is 204 g/mol. The molecule has 0 fully saturated rings. The highest BCUT2D eigenvalue weighted by molar-refractivity contribution is 5.53. The first kappa shape index (κ1) is 11.5. The third-order valence-electron chi connectivity index (χ3n) is 2.01. The summed E-state index contributed by atoms with van der Waals surface area (Å²) in [6.45, 7) is 1.98. The van der Waals surface area contributed by atoms with Crippen LogP contribution in [-0.4, -0.2) is 18.8 Å². The summed E-state index contributed by atoms with van der Waals surface area (Å²) in [5.41, 5.74) is 2.02. The molecule has 1 aromatic rings. The maximum absolute atomic E-state index is 8.79. The number of benzene rings is 1. The Balaban J connectivity index is 2.72. The zero-order chi connectivity index (χ0) is 11.1. The van der Waals surface area contributed by atoms with Gasteiger partial charge in [-0.05, 0) is 30.2 Å². The van der Waals surface area contributed by atoms with E-state index in [1.807, 2.05) is 49.4 Å². The van der Waals surface area contributed by atoms with Gasteiger partial charge in [0.15, 0.2) is 0 Å². The fraction of sp³-hybridized carbons (Fsp3) is 0.231. The second kappa shape index (κ2) is 6.04. The first-order chi connectivity index (χ1) is 7.26. The molecule has 0 atom stereocenters. The van der Waals surface area contributed by atoms with Gasteiger partial charge in [0.25, 0.3) is 0 Å². The topological polar surface area (TPSA) is 29.5 Å². The van der Waals surface area contributed by atoms with E-state index >= 15 is 0 Å². The summed E-state index contributed by atoms with van der Waals surface area (Å²) in [6.07, 6.45) is 5.78. The van der Waals surface area contributed by atoms with Crippen molar-refractivity contribution in [2.24, 2.45) is 0 Å². The fourth-order valence-corrected chi connectivity index (χ4v) is 1.12. The molecular formula is C13H16O2. The Morgan fingerprint density at radius 2 is 2.27 bits per heavy atom. The number of ether oxygens (including phenoxy) is 1. The van der Waals surface area contributed by atoms with Crippen molar-refractivity contribution in [1.29, 1.82) is 0 Å². The molecule has 0 saturated carbocycles. The SMILES string of the molecule is COc1cccc(/C=C/C=C(\C)CO)c1. The minimum Gasteiger partial charge on any atom is -0.497 e. The third kappa shape index (κ3) is 4.00. The highest BCUT2D eigenvalue weighted by atomic mass is 16.5. The number of aliphatic hydroxyl groups is 1. The Hall–Kier alpha value is -1.54. The molecule has 15 heavy (non-hydrogen) atoms. The molecule has 2 heteroatoms. The van der Waals surface area contributed by atoms with Gasteiger partial charge in [0.2, 0.25) is 0 Å². The molecule has 80 valence electrons. The average Bonchev–Trinajstić information content (AvgIpc) is 2.29. The second-order valence-electron chi connectivity index (χ2n) is 3.31. The van der Waals surface area contributed by atoms with E-state index in [2.05, 4.69) is 0 Å². The van der Waals surface area contributed by atoms with Gasteiger partial charge in [-0.15, -0.1) is 0 Å². The molecule has 1 rings (SSSR count). The lowest BCUT2D eigenvalue weighted by Crippen LogP contribution is -1.82. The Labute approximate surface area is 90.5 Å². The van der Waals surface area contributed by atoms with E-state index in [9.17, 15) is 0 Å². The molecule has 0 aliphatic carbocycles. The molecule has 1 N–H and O–H groups in total. The summed E-state index contributed by atoms with van der Waals surface area (Å²) in [7, 11) is 1.65. The molecule has 0 saturated heterocycles. The largest absolute Gasteiger partial charge is 0.497 e. The van der Waals surface area contributed by atoms with Crippen LogP contribution in [0, 0.1) is 0 Å². The van der Waals surface area contributed by atoms with Crippen LogP contribution in [-0.2, 0) is 0 Å². The normalized spacial score (nSPS) is 12.1. The molecule has 0 unspecified atom stereocenters. The van der Waals surface area contributed by atoms with Gasteiger partial charge in [-0.2, -0.15) is 0 Å². The predicted molar refractivity (Wildman–Crippen MR) is 62.9 cm³/mol. The van der Waals surface area contributed by atoms with E-state index in [1.165, 1.54) is 0 Å². The van der Waals surface area contributed by atoms with Crippen LogP contribution in [0.25, 0.3) is 6.08 Å². The van der Waals surface area contributed by atoms with Gasteiger partial charge >= 0.3 is 0 Å². The van der Waals surface area contributed by atoms with Crippen LogP contribution in [0.4, 0.5) is 0 Å². The molecule has 2 nitrogen and oxygen atoms in total. The molecule has 0 amide bonds. The number of rotatable bonds is 4. The molecule has 0 heterocycles. The lowest BCUT2D eigenvalue weighted by molar-refractivity contribution is 0.331. The maximum Gasteiger partial charge on any atom is 0.119 e. The Kier molecular flexibility index (Phi) is 4.64. The summed E-state index contributed by atoms with van der Waals surface area (Å²) < 4.78 is 5.11. The minimum absolute atomic E-state index is 0.0997. The maximum atomic E-state index is 8.79. The van der Waals surface area contributed by atoms with Gasteiger partial charge in [-0.3, -0.25) is 0 Å². The smallest absolute Gasteiger partial charge is 0.119 e. The molecule has 1 aromatic carbocycles. The summed E-state index contributed by atoms with van der Waals surface area (Å²) in [4.78, 5) is 0. The first-order valence-electron chi connectivity index (χ1n) is 4.85. The number of methoxy groups -OCH3 is 1. The summed E-state index contributed by atoms with van der Waals surface area (Å²) in [5.74, 6) is 0.847. The van der Waals surface area contributed by atoms with Crippen LogP contribution >= 0.6 is 0 Å². The zero-order valence-electron chi connectivity index (χ0n) is 9.10. The van der Waals surface area contributed by atoms with Crippen molar-refractivity contribution >= 4 is 6.08 Å². The minimum atomic E-state index is 0.0997. The van der Waals surface area contributed by atoms with Crippen LogP contribution in [0.2, 0.25) is 0 Å². The van der Waals surface area contributed by atoms with E-state index in [0.717, 1.165) is 16.9 Å². The van der Waals surface area contributed by atoms with Crippen LogP contribution in [0.1, 0.15) is 12.5 Å². The molecule has 0 spiro atoms. The van der Waals surface area contributed by atoms with Crippen LogP contribution in [0.15, 0.2) is 42.0 Å². The quantitative estimate of drug-likeness (QED) is 0.764. The molecule has 0 aliphatic rings. The van der Waals surface area contributed by atoms with Gasteiger partial charge in [-0.25, -0.2) is 0 Å². The van der Waals surface area contributed by atoms with Crippen LogP contribution < -0.4 is 4.74 Å². The van der Waals surface area contributed by atoms with Gasteiger partial charge < -0.3 is 9.84 Å². The van der Waals surface area contributed by atoms with Gasteiger partial charge in [0, 0.05) is 0 Å². The van der Waals surface area contributed by atoms with E-state index in [1.54, 1.807) is 7.11 Å². The van der Waals surface area contributed by atoms with E-state index < -0.39 is 0 Å². The highest BCUT2D eigenvalue weighted by Crippen LogP contribution is 2.13. The third-order valence-corrected chi connectivity index (χ3v) is 2.01. The molecular weight excluding hydrogens is 188 g/mol. The second-order valence-corrected chi connectivity index (χ2v) is 3.31. The first-order valence-corrected chi connectivity index (χ1v) is 4.85. The van der Waals surface area contributed by atoms with Crippen molar-refractivity contribution in [3.05, 3.63) is 47.6 Å². The lowest BCUT2D eigenvalue weighted by atomic mass is 10.2. The Bertz CT molecular complexity index is 365. The van der Waals surface area contributed by atoms with Gasteiger partial charge in [0.1, 0.15) is 5.75 Å². The van der Waals surface area contributed by atoms with Gasteiger partial charge in [-0.1, -0.05) is 30.4 Å². The van der Waals surface area contributed by atoms with Crippen LogP contribution in [0.3, 0.4) is 0 Å². The molecule has 0 bridgehead atoms. The van der Waals surface area contributed by atoms with E-state index in [4.69, 9.17) is 9.84 Å². The Morgan fingerprint density at radius 3 is 2.93 bits per heavy atom. The number of hydrogen-bond donors (Lipinski definition) is 1. The zero-order valence-corrected chi connectivity index (χ0v) is 9.10. The Morgan fingerprint density at radius 1 is 1.47 bits per heavy atom. The van der Waals surface area contributed by atoms with Crippen molar-refractivity contribution < 1.29 is 9.84 Å². The van der Waals surface area contributed by atoms with Crippen molar-refractivity contribution in [3.8, 4) is 5.75 Å². The summed E-state index contributed by atoms with van der Waals surface area (Å²) >= 11 is 0. The van der Waals surface area contributed by atoms with Crippen molar-refractivity contribution in [3.63, 3.8) is 0 Å². The predicted octanol–water partition coefficient (Wildman–Crippen LogP) is 2.65. The average molecular weight is 204 g/mol. The summed E-state index contributed by atoms with van der Waals surface area (Å²) in [6, 6.07) is 7.81. The molecule has 0 aliphatic heterocycles. The molecule has 0 radical (unpaired) electrons. The van der Waals surface area contributed by atoms with Crippen LogP contribution in [0.5, 0.6) is 5.75 Å². The molecule has 0 aromatic heterocycles. The van der Waals surface area contributed by atoms with Gasteiger partial charge in [0.05, 0.1) is 13.7 Å². The number of allylic oxidation sites excluding steroid dienone is 2. The highest BCUT2D eigenvalue weighted by Gasteiger charge is 1.90. The fourth-order valence-electron chi connectivity index (χ4n) is 1.12.